The summed E-state index contributed by atoms with van der Waals surface area (Å²) in [6, 6.07) is 7.52. The summed E-state index contributed by atoms with van der Waals surface area (Å²) in [5.74, 6) is 0.904. The fraction of sp³-hybridized carbons (Fsp3) is 0.500. The van der Waals surface area contributed by atoms with Gasteiger partial charge in [0.05, 0.1) is 30.2 Å². The van der Waals surface area contributed by atoms with Gasteiger partial charge in [-0.2, -0.15) is 4.98 Å². The Bertz CT molecular complexity index is 1510. The average molecular weight is 538 g/mol. The Labute approximate surface area is 226 Å². The maximum Gasteiger partial charge on any atom is 0.410 e. The van der Waals surface area contributed by atoms with Crippen molar-refractivity contribution in [3.63, 3.8) is 0 Å². The molecule has 6 rings (SSSR count). The number of hydrogen-bond donors (Lipinski definition) is 0. The Hall–Kier alpha value is -3.33. The zero-order chi connectivity index (χ0) is 26.9. The molecule has 1 amide bonds. The number of hydrogen-bond acceptors (Lipinski definition) is 7. The molecule has 10 heteroatoms. The third-order valence-electron chi connectivity index (χ3n) is 7.86. The van der Waals surface area contributed by atoms with Crippen molar-refractivity contribution < 1.29 is 14.3 Å². The lowest BCUT2D eigenvalue weighted by Gasteiger charge is -2.46. The number of nitrogens with zero attached hydrogens (tertiary/aromatic N) is 5. The van der Waals surface area contributed by atoms with Gasteiger partial charge in [0.2, 0.25) is 5.88 Å². The number of halogens is 1. The number of rotatable bonds is 2. The highest BCUT2D eigenvalue weighted by atomic mass is 35.5. The molecule has 2 bridgehead atoms. The van der Waals surface area contributed by atoms with Crippen molar-refractivity contribution in [1.29, 1.82) is 0 Å². The number of fused-ring (bicyclic) bond motifs is 5. The zero-order valence-corrected chi connectivity index (χ0v) is 23.1. The van der Waals surface area contributed by atoms with Crippen molar-refractivity contribution in [2.24, 2.45) is 0 Å². The van der Waals surface area contributed by atoms with E-state index in [2.05, 4.69) is 40.8 Å². The molecule has 2 saturated heterocycles. The largest absolute Gasteiger partial charge is 0.475 e. The number of aromatic nitrogens is 3. The molecule has 3 aliphatic rings. The molecule has 2 fully saturated rings. The van der Waals surface area contributed by atoms with E-state index in [0.29, 0.717) is 42.3 Å². The summed E-state index contributed by atoms with van der Waals surface area (Å²) in [4.78, 5) is 39.8. The molecule has 200 valence electrons. The molecule has 0 saturated carbocycles. The SMILES string of the molecule is Cc1ccc(Cn2c(=O)nc3c4c(nc(Cl)cc42)OC[C@@H]2[C@@H]4CC[C@H](CN32)N4C(=O)OC(C)(C)C)cc1C. The minimum Gasteiger partial charge on any atom is -0.475 e. The van der Waals surface area contributed by atoms with E-state index in [-0.39, 0.29) is 35.1 Å². The lowest BCUT2D eigenvalue weighted by molar-refractivity contribution is 0.00540. The monoisotopic (exact) mass is 537 g/mol. The predicted molar refractivity (Wildman–Crippen MR) is 145 cm³/mol. The smallest absolute Gasteiger partial charge is 0.410 e. The third-order valence-corrected chi connectivity index (χ3v) is 8.05. The summed E-state index contributed by atoms with van der Waals surface area (Å²) >= 11 is 6.44. The molecule has 0 radical (unpaired) electrons. The second-order valence-corrected chi connectivity index (χ2v) is 12.0. The van der Waals surface area contributed by atoms with Crippen molar-refractivity contribution in [3.8, 4) is 5.88 Å². The summed E-state index contributed by atoms with van der Waals surface area (Å²) in [6.07, 6.45) is 1.37. The zero-order valence-electron chi connectivity index (χ0n) is 22.3. The highest BCUT2D eigenvalue weighted by Crippen LogP contribution is 2.43. The highest BCUT2D eigenvalue weighted by Gasteiger charge is 2.51. The molecular formula is C28H32ClN5O4. The van der Waals surface area contributed by atoms with E-state index in [1.807, 2.05) is 31.7 Å². The number of anilines is 1. The van der Waals surface area contributed by atoms with Crippen LogP contribution in [0.4, 0.5) is 10.6 Å². The van der Waals surface area contributed by atoms with Gasteiger partial charge in [-0.25, -0.2) is 14.6 Å². The van der Waals surface area contributed by atoms with Gasteiger partial charge in [0, 0.05) is 12.6 Å². The Morgan fingerprint density at radius 3 is 2.66 bits per heavy atom. The lowest BCUT2D eigenvalue weighted by atomic mass is 10.0. The maximum absolute atomic E-state index is 13.5. The topological polar surface area (TPSA) is 89.8 Å². The van der Waals surface area contributed by atoms with Crippen molar-refractivity contribution in [3.05, 3.63) is 56.6 Å². The number of piperazine rings is 1. The quantitative estimate of drug-likeness (QED) is 0.446. The summed E-state index contributed by atoms with van der Waals surface area (Å²) in [6.45, 7) is 10.9. The first-order valence-electron chi connectivity index (χ1n) is 13.1. The molecule has 0 N–H and O–H groups in total. The van der Waals surface area contributed by atoms with Gasteiger partial charge in [-0.15, -0.1) is 0 Å². The molecule has 2 aromatic heterocycles. The summed E-state index contributed by atoms with van der Waals surface area (Å²) in [7, 11) is 0. The molecule has 0 aliphatic carbocycles. The van der Waals surface area contributed by atoms with Crippen LogP contribution in [0.25, 0.3) is 10.9 Å². The number of amides is 1. The fourth-order valence-corrected chi connectivity index (χ4v) is 6.19. The van der Waals surface area contributed by atoms with Crippen LogP contribution in [0.1, 0.15) is 50.3 Å². The maximum atomic E-state index is 13.5. The third kappa shape index (κ3) is 4.17. The van der Waals surface area contributed by atoms with Gasteiger partial charge in [0.25, 0.3) is 0 Å². The molecule has 0 spiro atoms. The van der Waals surface area contributed by atoms with E-state index in [1.165, 1.54) is 5.56 Å². The van der Waals surface area contributed by atoms with Crippen LogP contribution in [-0.2, 0) is 11.3 Å². The number of ether oxygens (including phenoxy) is 2. The fourth-order valence-electron chi connectivity index (χ4n) is 6.01. The van der Waals surface area contributed by atoms with E-state index < -0.39 is 5.60 Å². The van der Waals surface area contributed by atoms with Crippen LogP contribution in [-0.4, -0.2) is 62.4 Å². The predicted octanol–water partition coefficient (Wildman–Crippen LogP) is 4.46. The number of aryl methyl sites for hydroxylation is 2. The van der Waals surface area contributed by atoms with Crippen LogP contribution in [0.5, 0.6) is 5.88 Å². The van der Waals surface area contributed by atoms with Crippen LogP contribution in [0.2, 0.25) is 5.15 Å². The average Bonchev–Trinajstić information content (AvgIpc) is 3.07. The Morgan fingerprint density at radius 1 is 1.13 bits per heavy atom. The van der Waals surface area contributed by atoms with E-state index >= 15 is 0 Å². The van der Waals surface area contributed by atoms with E-state index in [1.54, 1.807) is 10.6 Å². The van der Waals surface area contributed by atoms with Gasteiger partial charge in [-0.3, -0.25) is 9.47 Å². The van der Waals surface area contributed by atoms with Gasteiger partial charge in [0.15, 0.2) is 0 Å². The van der Waals surface area contributed by atoms with Gasteiger partial charge in [0.1, 0.15) is 28.6 Å². The highest BCUT2D eigenvalue weighted by molar-refractivity contribution is 6.30. The standard InChI is InChI=1S/C28H32ClN5O4/c1-15-6-7-17(10-16(15)2)12-33-20-11-22(29)30-25-23(20)24(31-26(33)35)32-13-18-8-9-19(21(32)14-37-25)34(18)27(36)38-28(3,4)5/h6-7,10-11,18-19,21H,8-9,12-14H2,1-5H3/t18-,19+,21-/m1/s1. The van der Waals surface area contributed by atoms with Crippen molar-refractivity contribution >= 4 is 34.4 Å². The molecule has 3 atom stereocenters. The Kier molecular flexibility index (Phi) is 5.83. The normalized spacial score (nSPS) is 22.2. The van der Waals surface area contributed by atoms with Gasteiger partial charge in [-0.05, 0) is 64.2 Å². The van der Waals surface area contributed by atoms with Crippen LogP contribution in [0.3, 0.4) is 0 Å². The molecule has 0 unspecified atom stereocenters. The first-order chi connectivity index (χ1) is 18.0. The summed E-state index contributed by atoms with van der Waals surface area (Å²) < 4.78 is 13.6. The van der Waals surface area contributed by atoms with Crippen LogP contribution < -0.4 is 15.3 Å². The number of carbonyl (C=O) groups is 1. The van der Waals surface area contributed by atoms with Gasteiger partial charge >= 0.3 is 11.8 Å². The van der Waals surface area contributed by atoms with Crippen molar-refractivity contribution in [1.82, 2.24) is 19.4 Å². The second kappa shape index (κ2) is 8.86. The van der Waals surface area contributed by atoms with Crippen LogP contribution in [0.15, 0.2) is 29.1 Å². The number of pyridine rings is 1. The van der Waals surface area contributed by atoms with Crippen LogP contribution in [0, 0.1) is 13.8 Å². The van der Waals surface area contributed by atoms with Crippen molar-refractivity contribution in [2.75, 3.05) is 18.1 Å². The van der Waals surface area contributed by atoms with Crippen LogP contribution >= 0.6 is 11.6 Å². The molecule has 38 heavy (non-hydrogen) atoms. The first-order valence-corrected chi connectivity index (χ1v) is 13.5. The number of benzene rings is 1. The van der Waals surface area contributed by atoms with E-state index in [9.17, 15) is 9.59 Å². The molecule has 1 aromatic carbocycles. The molecule has 3 aliphatic heterocycles. The van der Waals surface area contributed by atoms with Crippen molar-refractivity contribution in [2.45, 2.75) is 77.7 Å². The first kappa shape index (κ1) is 25.0. The van der Waals surface area contributed by atoms with E-state index in [0.717, 1.165) is 24.0 Å². The minimum absolute atomic E-state index is 0.0391. The summed E-state index contributed by atoms with van der Waals surface area (Å²) in [5.41, 5.74) is 3.04. The van der Waals surface area contributed by atoms with Gasteiger partial charge < -0.3 is 14.4 Å². The Balaban J connectivity index is 1.44. The summed E-state index contributed by atoms with van der Waals surface area (Å²) in [5, 5.41) is 0.917. The molecule has 3 aromatic rings. The second-order valence-electron chi connectivity index (χ2n) is 11.6. The number of carbonyl (C=O) groups excluding carboxylic acids is 1. The lowest BCUT2D eigenvalue weighted by Crippen LogP contribution is -2.63. The minimum atomic E-state index is -0.585. The molecule has 5 heterocycles. The Morgan fingerprint density at radius 2 is 1.92 bits per heavy atom. The molecule has 9 nitrogen and oxygen atoms in total. The van der Waals surface area contributed by atoms with Gasteiger partial charge in [-0.1, -0.05) is 29.8 Å². The van der Waals surface area contributed by atoms with E-state index in [4.69, 9.17) is 21.1 Å². The molecular weight excluding hydrogens is 506 g/mol.